The average Bonchev–Trinajstić information content (AvgIpc) is 1.79. The summed E-state index contributed by atoms with van der Waals surface area (Å²) in [6.07, 6.45) is -16.2. The molecule has 0 aliphatic carbocycles. The van der Waals surface area contributed by atoms with Crippen LogP contribution in [0.4, 0.5) is 30.7 Å². The van der Waals surface area contributed by atoms with Gasteiger partial charge in [-0.15, -0.1) is 0 Å². The van der Waals surface area contributed by atoms with Crippen molar-refractivity contribution in [3.63, 3.8) is 0 Å². The molecule has 0 saturated carbocycles. The maximum absolute atomic E-state index is 12.0. The summed E-state index contributed by atoms with van der Waals surface area (Å²) in [4.78, 5) is 9.81. The van der Waals surface area contributed by atoms with E-state index < -0.39 is 31.1 Å². The Bertz CT molecular complexity index is 205. The van der Waals surface area contributed by atoms with Gasteiger partial charge in [-0.25, -0.2) is 9.18 Å². The molecule has 0 aliphatic heterocycles. The smallest absolute Gasteiger partial charge is 0.424 e. The fourth-order valence-electron chi connectivity index (χ4n) is 0.407. The van der Waals surface area contributed by atoms with Gasteiger partial charge < -0.3 is 4.74 Å². The van der Waals surface area contributed by atoms with E-state index in [0.29, 0.717) is 0 Å². The first-order valence-electron chi connectivity index (χ1n) is 3.01. The normalized spacial score (nSPS) is 15.1. The van der Waals surface area contributed by atoms with Crippen molar-refractivity contribution in [3.8, 4) is 0 Å². The molecule has 0 aromatic rings. The Morgan fingerprint density at radius 1 is 1.14 bits per heavy atom. The molecule has 1 atom stereocenters. The van der Waals surface area contributed by atoms with Crippen LogP contribution in [0.2, 0.25) is 0 Å². The molecule has 0 aromatic heterocycles. The number of rotatable bonds is 2. The maximum atomic E-state index is 12.0. The lowest BCUT2D eigenvalue weighted by Gasteiger charge is -2.12. The molecule has 9 heteroatoms. The lowest BCUT2D eigenvalue weighted by molar-refractivity contribution is -0.225. The molecule has 0 aliphatic rings. The molecule has 0 spiro atoms. The molecule has 1 unspecified atom stereocenters. The molecule has 0 saturated heterocycles. The van der Waals surface area contributed by atoms with Crippen molar-refractivity contribution in [1.29, 1.82) is 0 Å². The van der Waals surface area contributed by atoms with Crippen molar-refractivity contribution in [3.05, 3.63) is 0 Å². The van der Waals surface area contributed by atoms with Crippen molar-refractivity contribution in [2.45, 2.75) is 25.1 Å². The third-order valence-corrected chi connectivity index (χ3v) is 0.858. The van der Waals surface area contributed by atoms with Gasteiger partial charge in [-0.2, -0.15) is 26.3 Å². The van der Waals surface area contributed by atoms with E-state index in [0.717, 1.165) is 0 Å². The minimum Gasteiger partial charge on any atom is -0.424 e. The highest BCUT2D eigenvalue weighted by atomic mass is 19.4. The van der Waals surface area contributed by atoms with Gasteiger partial charge >= 0.3 is 18.3 Å². The molecule has 0 heterocycles. The fourth-order valence-corrected chi connectivity index (χ4v) is 0.407. The van der Waals surface area contributed by atoms with Gasteiger partial charge in [-0.05, 0) is 0 Å². The zero-order chi connectivity index (χ0) is 11.6. The zero-order valence-corrected chi connectivity index (χ0v) is 6.25. The van der Waals surface area contributed by atoms with Gasteiger partial charge in [0.05, 0.1) is 0 Å². The Morgan fingerprint density at radius 2 is 1.57 bits per heavy atom. The van der Waals surface area contributed by atoms with E-state index >= 15 is 0 Å². The van der Waals surface area contributed by atoms with E-state index in [4.69, 9.17) is 0 Å². The summed E-state index contributed by atoms with van der Waals surface area (Å²) in [5.74, 6) is -2.99. The lowest BCUT2D eigenvalue weighted by atomic mass is 10.4. The summed E-state index contributed by atoms with van der Waals surface area (Å²) < 4.78 is 82.8. The van der Waals surface area contributed by atoms with Crippen molar-refractivity contribution < 1.29 is 40.3 Å². The van der Waals surface area contributed by atoms with E-state index in [1.54, 1.807) is 0 Å². The minimum atomic E-state index is -5.50. The monoisotopic (exact) mass is 228 g/mol. The van der Waals surface area contributed by atoms with Gasteiger partial charge in [-0.3, -0.25) is 0 Å². The molecule has 0 aromatic carbocycles. The molecular weight excluding hydrogens is 225 g/mol. The predicted molar refractivity (Wildman–Crippen MR) is 27.7 cm³/mol. The van der Waals surface area contributed by atoms with Crippen LogP contribution in [0, 0.1) is 0 Å². The Morgan fingerprint density at radius 3 is 1.86 bits per heavy atom. The minimum absolute atomic E-state index is 2.27. The fraction of sp³-hybridized carbons (Fsp3) is 0.800. The van der Waals surface area contributed by atoms with Crippen LogP contribution in [0.15, 0.2) is 0 Å². The first-order valence-corrected chi connectivity index (χ1v) is 3.01. The highest BCUT2D eigenvalue weighted by molar-refractivity contribution is 5.75. The van der Waals surface area contributed by atoms with Gasteiger partial charge in [0.15, 0.2) is 0 Å². The molecule has 0 radical (unpaired) electrons. The number of hydrogen-bond donors (Lipinski definition) is 0. The Balaban J connectivity index is 4.09. The molecule has 0 N–H and O–H groups in total. The Kier molecular flexibility index (Phi) is 3.72. The largest absolute Gasteiger partial charge is 0.491 e. The zero-order valence-electron chi connectivity index (χ0n) is 6.25. The van der Waals surface area contributed by atoms with Crippen molar-refractivity contribution >= 4 is 5.97 Å². The molecular formula is C5H3F7O2. The van der Waals surface area contributed by atoms with Crippen molar-refractivity contribution in [1.82, 2.24) is 0 Å². The van der Waals surface area contributed by atoms with Crippen LogP contribution in [-0.2, 0) is 9.53 Å². The predicted octanol–water partition coefficient (Wildman–Crippen LogP) is 2.34. The summed E-state index contributed by atoms with van der Waals surface area (Å²) in [5, 5.41) is 0. The van der Waals surface area contributed by atoms with Crippen LogP contribution in [0.3, 0.4) is 0 Å². The summed E-state index contributed by atoms with van der Waals surface area (Å²) in [5.41, 5.74) is 0. The Hall–Kier alpha value is -1.02. The highest BCUT2D eigenvalue weighted by Crippen LogP contribution is 2.25. The second-order valence-electron chi connectivity index (χ2n) is 2.13. The Labute approximate surface area is 72.6 Å². The third-order valence-electron chi connectivity index (χ3n) is 0.858. The van der Waals surface area contributed by atoms with E-state index in [2.05, 4.69) is 4.74 Å². The molecule has 0 bridgehead atoms. The van der Waals surface area contributed by atoms with E-state index in [1.165, 1.54) is 0 Å². The SMILES string of the molecule is O=C(OC(F)CC(F)(F)F)C(F)(F)F. The van der Waals surface area contributed by atoms with Crippen LogP contribution in [0.25, 0.3) is 0 Å². The second-order valence-corrected chi connectivity index (χ2v) is 2.13. The van der Waals surface area contributed by atoms with Crippen LogP contribution in [0.5, 0.6) is 0 Å². The van der Waals surface area contributed by atoms with Gasteiger partial charge in [0, 0.05) is 0 Å². The first-order chi connectivity index (χ1) is 6.02. The van der Waals surface area contributed by atoms with Crippen LogP contribution in [-0.4, -0.2) is 24.7 Å². The van der Waals surface area contributed by atoms with E-state index in [9.17, 15) is 35.5 Å². The molecule has 2 nitrogen and oxygen atoms in total. The summed E-state index contributed by atoms with van der Waals surface area (Å²) in [7, 11) is 0. The number of hydrogen-bond acceptors (Lipinski definition) is 2. The number of halogens is 7. The molecule has 14 heavy (non-hydrogen) atoms. The number of carbonyl (C=O) groups is 1. The van der Waals surface area contributed by atoms with Gasteiger partial charge in [0.1, 0.15) is 6.42 Å². The molecule has 0 fully saturated rings. The lowest BCUT2D eigenvalue weighted by Crippen LogP contribution is -2.30. The van der Waals surface area contributed by atoms with Crippen molar-refractivity contribution in [2.24, 2.45) is 0 Å². The quantitative estimate of drug-likeness (QED) is 0.535. The highest BCUT2D eigenvalue weighted by Gasteiger charge is 2.44. The van der Waals surface area contributed by atoms with E-state index in [1.807, 2.05) is 0 Å². The summed E-state index contributed by atoms with van der Waals surface area (Å²) >= 11 is 0. The van der Waals surface area contributed by atoms with Crippen LogP contribution >= 0.6 is 0 Å². The number of esters is 1. The summed E-state index contributed by atoms with van der Waals surface area (Å²) in [6.45, 7) is 0. The molecule has 84 valence electrons. The third kappa shape index (κ3) is 5.60. The average molecular weight is 228 g/mol. The number of ether oxygens (including phenoxy) is 1. The van der Waals surface area contributed by atoms with Crippen LogP contribution in [0.1, 0.15) is 6.42 Å². The number of carbonyl (C=O) groups excluding carboxylic acids is 1. The molecule has 0 rings (SSSR count). The van der Waals surface area contributed by atoms with E-state index in [-0.39, 0.29) is 0 Å². The maximum Gasteiger partial charge on any atom is 0.491 e. The summed E-state index contributed by atoms with van der Waals surface area (Å²) in [6, 6.07) is 0. The number of alkyl halides is 7. The van der Waals surface area contributed by atoms with Gasteiger partial charge in [-0.1, -0.05) is 0 Å². The molecule has 0 amide bonds. The van der Waals surface area contributed by atoms with Gasteiger partial charge in [0.2, 0.25) is 0 Å². The van der Waals surface area contributed by atoms with Crippen molar-refractivity contribution in [2.75, 3.05) is 0 Å². The second kappa shape index (κ2) is 4.01. The first kappa shape index (κ1) is 13.0. The van der Waals surface area contributed by atoms with Crippen LogP contribution < -0.4 is 0 Å². The topological polar surface area (TPSA) is 26.3 Å². The van der Waals surface area contributed by atoms with Gasteiger partial charge in [0.25, 0.3) is 6.36 Å². The standard InChI is InChI=1S/C5H3F7O2/c6-2(1-4(7,8)9)14-3(13)5(10,11)12/h2H,1H2.